The van der Waals surface area contributed by atoms with Gasteiger partial charge in [-0.15, -0.1) is 0 Å². The molecule has 0 saturated heterocycles. The van der Waals surface area contributed by atoms with Gasteiger partial charge in [0.2, 0.25) is 0 Å². The summed E-state index contributed by atoms with van der Waals surface area (Å²) in [7, 11) is 0. The third-order valence-electron chi connectivity index (χ3n) is 2.69. The molecule has 0 amide bonds. The van der Waals surface area contributed by atoms with Gasteiger partial charge < -0.3 is 15.6 Å². The van der Waals surface area contributed by atoms with Crippen LogP contribution in [0, 0.1) is 13.8 Å². The van der Waals surface area contributed by atoms with Gasteiger partial charge in [-0.2, -0.15) is 0 Å². The van der Waals surface area contributed by atoms with E-state index >= 15 is 0 Å². The highest BCUT2D eigenvalue weighted by Gasteiger charge is 2.15. The maximum Gasteiger partial charge on any atom is 0.188 e. The van der Waals surface area contributed by atoms with Crippen molar-refractivity contribution >= 4 is 5.96 Å². The molecule has 0 saturated carbocycles. The smallest absolute Gasteiger partial charge is 0.188 e. The molecule has 0 aliphatic carbocycles. The third kappa shape index (κ3) is 3.91. The lowest BCUT2D eigenvalue weighted by atomic mass is 10.00. The van der Waals surface area contributed by atoms with Gasteiger partial charge in [-0.05, 0) is 20.8 Å². The van der Waals surface area contributed by atoms with Gasteiger partial charge in [0.1, 0.15) is 5.76 Å². The van der Waals surface area contributed by atoms with Gasteiger partial charge >= 0.3 is 0 Å². The quantitative estimate of drug-likeness (QED) is 0.475. The molecule has 1 aromatic heterocycles. The second-order valence-electron chi connectivity index (χ2n) is 4.68. The molecule has 1 aromatic rings. The summed E-state index contributed by atoms with van der Waals surface area (Å²) in [6.07, 6.45) is 0. The van der Waals surface area contributed by atoms with E-state index in [-0.39, 0.29) is 5.92 Å². The molecule has 0 spiro atoms. The molecule has 0 radical (unpaired) electrons. The summed E-state index contributed by atoms with van der Waals surface area (Å²) in [6, 6.07) is 0. The third-order valence-corrected chi connectivity index (χ3v) is 2.69. The zero-order chi connectivity index (χ0) is 13.7. The molecule has 100 valence electrons. The molecular weight excluding hydrogens is 228 g/mol. The lowest BCUT2D eigenvalue weighted by molar-refractivity contribution is 0.391. The van der Waals surface area contributed by atoms with E-state index in [1.54, 1.807) is 0 Å². The Morgan fingerprint density at radius 2 is 2.22 bits per heavy atom. The predicted molar refractivity (Wildman–Crippen MR) is 73.7 cm³/mol. The zero-order valence-corrected chi connectivity index (χ0v) is 11.6. The number of nitrogens with zero attached hydrogens (tertiary/aromatic N) is 2. The van der Waals surface area contributed by atoms with Gasteiger partial charge in [0.25, 0.3) is 0 Å². The summed E-state index contributed by atoms with van der Waals surface area (Å²) in [5, 5.41) is 6.94. The van der Waals surface area contributed by atoms with E-state index in [1.165, 1.54) is 0 Å². The van der Waals surface area contributed by atoms with Gasteiger partial charge in [0, 0.05) is 24.6 Å². The first-order chi connectivity index (χ1) is 8.41. The first-order valence-electron chi connectivity index (χ1n) is 6.02. The van der Waals surface area contributed by atoms with E-state index in [9.17, 15) is 0 Å². The molecular formula is C13H22N4O. The number of aromatic nitrogens is 1. The molecule has 3 N–H and O–H groups in total. The lowest BCUT2D eigenvalue weighted by Gasteiger charge is -2.09. The minimum Gasteiger partial charge on any atom is -0.370 e. The van der Waals surface area contributed by atoms with Crippen molar-refractivity contribution in [2.24, 2.45) is 10.7 Å². The standard InChI is InChI=1S/C13H22N4O/c1-8(2)6-15-13(14)16-7-9(3)12-10(4)17-18-11(12)5/h9H,1,6-7H2,2-5H3,(H3,14,15,16). The maximum atomic E-state index is 5.76. The van der Waals surface area contributed by atoms with Gasteiger partial charge in [0.15, 0.2) is 5.96 Å². The van der Waals surface area contributed by atoms with Crippen LogP contribution in [0.5, 0.6) is 0 Å². The molecule has 1 unspecified atom stereocenters. The summed E-state index contributed by atoms with van der Waals surface area (Å²) < 4.78 is 5.15. The van der Waals surface area contributed by atoms with Crippen molar-refractivity contribution < 1.29 is 4.52 Å². The molecule has 0 aliphatic rings. The Bertz CT molecular complexity index is 428. The van der Waals surface area contributed by atoms with Crippen LogP contribution in [0.25, 0.3) is 0 Å². The molecule has 0 aliphatic heterocycles. The number of aliphatic imine (C=N–C) groups is 1. The SMILES string of the molecule is C=C(C)CNC(N)=NCC(C)c1c(C)noc1C. The van der Waals surface area contributed by atoms with E-state index < -0.39 is 0 Å². The summed E-state index contributed by atoms with van der Waals surface area (Å²) in [6.45, 7) is 12.9. The Morgan fingerprint density at radius 3 is 2.72 bits per heavy atom. The minimum absolute atomic E-state index is 0.237. The van der Waals surface area contributed by atoms with E-state index in [1.807, 2.05) is 20.8 Å². The van der Waals surface area contributed by atoms with Crippen LogP contribution in [0.1, 0.15) is 36.8 Å². The Labute approximate surface area is 108 Å². The topological polar surface area (TPSA) is 76.4 Å². The molecule has 18 heavy (non-hydrogen) atoms. The average molecular weight is 250 g/mol. The Morgan fingerprint density at radius 1 is 1.56 bits per heavy atom. The Hall–Kier alpha value is -1.78. The van der Waals surface area contributed by atoms with E-state index in [4.69, 9.17) is 10.3 Å². The van der Waals surface area contributed by atoms with Gasteiger partial charge in [-0.1, -0.05) is 24.2 Å². The van der Waals surface area contributed by atoms with Crippen molar-refractivity contribution in [2.45, 2.75) is 33.6 Å². The van der Waals surface area contributed by atoms with Gasteiger partial charge in [-0.3, -0.25) is 4.99 Å². The van der Waals surface area contributed by atoms with Gasteiger partial charge in [0.05, 0.1) is 5.69 Å². The highest BCUT2D eigenvalue weighted by molar-refractivity contribution is 5.78. The largest absolute Gasteiger partial charge is 0.370 e. The van der Waals surface area contributed by atoms with Crippen molar-refractivity contribution in [3.05, 3.63) is 29.2 Å². The fourth-order valence-electron chi connectivity index (χ4n) is 1.82. The van der Waals surface area contributed by atoms with E-state index in [0.717, 1.165) is 22.6 Å². The first-order valence-corrected chi connectivity index (χ1v) is 6.02. The van der Waals surface area contributed by atoms with Crippen LogP contribution in [0.3, 0.4) is 0 Å². The average Bonchev–Trinajstić information content (AvgIpc) is 2.63. The highest BCUT2D eigenvalue weighted by Crippen LogP contribution is 2.22. The fraction of sp³-hybridized carbons (Fsp3) is 0.538. The minimum atomic E-state index is 0.237. The van der Waals surface area contributed by atoms with E-state index in [0.29, 0.717) is 19.0 Å². The number of nitrogens with two attached hydrogens (primary N) is 1. The molecule has 1 heterocycles. The Balaban J connectivity index is 2.58. The number of nitrogens with one attached hydrogen (secondary N) is 1. The highest BCUT2D eigenvalue weighted by atomic mass is 16.5. The van der Waals surface area contributed by atoms with Gasteiger partial charge in [-0.25, -0.2) is 0 Å². The number of aryl methyl sites for hydroxylation is 2. The number of guanidine groups is 1. The summed E-state index contributed by atoms with van der Waals surface area (Å²) in [5.74, 6) is 1.53. The van der Waals surface area contributed by atoms with Crippen molar-refractivity contribution in [1.82, 2.24) is 10.5 Å². The number of hydrogen-bond acceptors (Lipinski definition) is 3. The first kappa shape index (κ1) is 14.3. The molecule has 5 heteroatoms. The zero-order valence-electron chi connectivity index (χ0n) is 11.6. The van der Waals surface area contributed by atoms with Crippen LogP contribution in [-0.2, 0) is 0 Å². The normalized spacial score (nSPS) is 13.4. The van der Waals surface area contributed by atoms with Crippen LogP contribution in [0.2, 0.25) is 0 Å². The van der Waals surface area contributed by atoms with Crippen molar-refractivity contribution in [3.63, 3.8) is 0 Å². The van der Waals surface area contributed by atoms with E-state index in [2.05, 4.69) is 29.0 Å². The molecule has 5 nitrogen and oxygen atoms in total. The number of rotatable bonds is 5. The maximum absolute atomic E-state index is 5.76. The summed E-state index contributed by atoms with van der Waals surface area (Å²) >= 11 is 0. The summed E-state index contributed by atoms with van der Waals surface area (Å²) in [4.78, 5) is 4.31. The van der Waals surface area contributed by atoms with Crippen molar-refractivity contribution in [2.75, 3.05) is 13.1 Å². The predicted octanol–water partition coefficient (Wildman–Crippen LogP) is 1.88. The molecule has 0 bridgehead atoms. The van der Waals surface area contributed by atoms with Crippen LogP contribution in [0.15, 0.2) is 21.7 Å². The number of hydrogen-bond donors (Lipinski definition) is 2. The van der Waals surface area contributed by atoms with Crippen LogP contribution < -0.4 is 11.1 Å². The molecule has 1 rings (SSSR count). The van der Waals surface area contributed by atoms with Crippen LogP contribution in [-0.4, -0.2) is 24.2 Å². The van der Waals surface area contributed by atoms with Crippen LogP contribution >= 0.6 is 0 Å². The van der Waals surface area contributed by atoms with Crippen molar-refractivity contribution in [3.8, 4) is 0 Å². The molecule has 1 atom stereocenters. The second kappa shape index (κ2) is 6.23. The lowest BCUT2D eigenvalue weighted by Crippen LogP contribution is -2.33. The molecule has 0 aromatic carbocycles. The second-order valence-corrected chi connectivity index (χ2v) is 4.68. The fourth-order valence-corrected chi connectivity index (χ4v) is 1.82. The Kier molecular flexibility index (Phi) is 4.95. The summed E-state index contributed by atoms with van der Waals surface area (Å²) in [5.41, 5.74) is 8.82. The molecule has 0 fully saturated rings. The van der Waals surface area contributed by atoms with Crippen molar-refractivity contribution in [1.29, 1.82) is 0 Å². The monoisotopic (exact) mass is 250 g/mol. The van der Waals surface area contributed by atoms with Crippen LogP contribution in [0.4, 0.5) is 0 Å².